The molecule has 0 amide bonds. The van der Waals surface area contributed by atoms with Crippen molar-refractivity contribution in [3.8, 4) is 11.5 Å². The number of ether oxygens (including phenoxy) is 2. The van der Waals surface area contributed by atoms with Gasteiger partial charge in [0.15, 0.2) is 17.3 Å². The van der Waals surface area contributed by atoms with Crippen LogP contribution in [0.1, 0.15) is 44.1 Å². The molecule has 0 spiro atoms. The van der Waals surface area contributed by atoms with E-state index in [1.54, 1.807) is 0 Å². The molecule has 1 aliphatic carbocycles. The number of hydrogen-bond acceptors (Lipinski definition) is 5. The van der Waals surface area contributed by atoms with Crippen LogP contribution in [-0.2, 0) is 11.2 Å². The second kappa shape index (κ2) is 9.53. The molecule has 2 heterocycles. The van der Waals surface area contributed by atoms with E-state index >= 15 is 0 Å². The van der Waals surface area contributed by atoms with Crippen LogP contribution in [0.15, 0.2) is 48.5 Å². The van der Waals surface area contributed by atoms with Crippen LogP contribution in [0.2, 0.25) is 0 Å². The average molecular weight is 435 g/mol. The highest BCUT2D eigenvalue weighted by Crippen LogP contribution is 2.33. The zero-order valence-electron chi connectivity index (χ0n) is 19.0. The largest absolute Gasteiger partial charge is 0.486 e. The summed E-state index contributed by atoms with van der Waals surface area (Å²) in [5.74, 6) is 2.17. The molecule has 3 unspecified atom stereocenters. The lowest BCUT2D eigenvalue weighted by molar-refractivity contribution is -0.130. The fourth-order valence-corrected chi connectivity index (χ4v) is 5.64. The van der Waals surface area contributed by atoms with Crippen molar-refractivity contribution in [2.75, 3.05) is 25.5 Å². The van der Waals surface area contributed by atoms with Crippen LogP contribution in [0.3, 0.4) is 0 Å². The molecule has 0 radical (unpaired) electrons. The molecule has 1 N–H and O–H groups in total. The number of anilines is 1. The number of fused-ring (bicyclic) bond motifs is 2. The van der Waals surface area contributed by atoms with Gasteiger partial charge >= 0.3 is 0 Å². The quantitative estimate of drug-likeness (QED) is 0.714. The molecular formula is C27H34N2O3. The molecule has 5 nitrogen and oxygen atoms in total. The number of benzene rings is 2. The maximum atomic E-state index is 13.8. The van der Waals surface area contributed by atoms with Crippen LogP contribution in [0.5, 0.6) is 11.5 Å². The maximum absolute atomic E-state index is 13.8. The van der Waals surface area contributed by atoms with Gasteiger partial charge in [0.05, 0.1) is 6.04 Å². The number of hydrogen-bond donors (Lipinski definition) is 1. The second-order valence-corrected chi connectivity index (χ2v) is 9.57. The molecule has 5 rings (SSSR count). The van der Waals surface area contributed by atoms with E-state index in [4.69, 9.17) is 9.47 Å². The van der Waals surface area contributed by atoms with E-state index in [2.05, 4.69) is 41.5 Å². The Bertz CT molecular complexity index is 940. The van der Waals surface area contributed by atoms with E-state index < -0.39 is 0 Å². The standard InChI is InChI=1S/C27H34N2O3/c1-29(17-21-18-31-24-13-7-8-14-25(24)32-21)26(27(30)20-10-3-2-4-11-20)23-16-15-19-9-5-6-12-22(19)28-23/h5-9,12-14,20-21,23,26,28H,2-4,10-11,15-18H2,1H3. The van der Waals surface area contributed by atoms with E-state index in [0.29, 0.717) is 18.9 Å². The molecular weight excluding hydrogens is 400 g/mol. The first kappa shape index (κ1) is 21.3. The van der Waals surface area contributed by atoms with Gasteiger partial charge in [0.25, 0.3) is 0 Å². The van der Waals surface area contributed by atoms with Crippen LogP contribution >= 0.6 is 0 Å². The number of likely N-dealkylation sites (N-methyl/N-ethyl adjacent to an activating group) is 1. The lowest BCUT2D eigenvalue weighted by Crippen LogP contribution is -2.56. The molecule has 0 saturated heterocycles. The Morgan fingerprint density at radius 2 is 1.78 bits per heavy atom. The summed E-state index contributed by atoms with van der Waals surface area (Å²) < 4.78 is 12.2. The minimum atomic E-state index is -0.160. The van der Waals surface area contributed by atoms with Crippen LogP contribution in [0, 0.1) is 5.92 Å². The van der Waals surface area contributed by atoms with Crippen molar-refractivity contribution in [2.45, 2.75) is 63.1 Å². The van der Waals surface area contributed by atoms with Crippen molar-refractivity contribution in [2.24, 2.45) is 5.92 Å². The first-order valence-electron chi connectivity index (χ1n) is 12.2. The zero-order chi connectivity index (χ0) is 21.9. The molecule has 170 valence electrons. The summed E-state index contributed by atoms with van der Waals surface area (Å²) in [5, 5.41) is 3.72. The summed E-state index contributed by atoms with van der Waals surface area (Å²) in [7, 11) is 2.08. The van der Waals surface area contributed by atoms with E-state index in [0.717, 1.165) is 37.2 Å². The Balaban J connectivity index is 1.34. The Labute approximate surface area is 191 Å². The zero-order valence-corrected chi connectivity index (χ0v) is 19.0. The summed E-state index contributed by atoms with van der Waals surface area (Å²) in [6, 6.07) is 16.3. The van der Waals surface area contributed by atoms with Gasteiger partial charge in [0.2, 0.25) is 0 Å². The van der Waals surface area contributed by atoms with E-state index in [9.17, 15) is 4.79 Å². The Hall–Kier alpha value is -2.53. The lowest BCUT2D eigenvalue weighted by atomic mass is 9.80. The monoisotopic (exact) mass is 434 g/mol. The third kappa shape index (κ3) is 4.49. The number of para-hydroxylation sites is 3. The number of carbonyl (C=O) groups is 1. The first-order valence-corrected chi connectivity index (χ1v) is 12.2. The summed E-state index contributed by atoms with van der Waals surface area (Å²) in [6.07, 6.45) is 7.54. The highest BCUT2D eigenvalue weighted by Gasteiger charge is 2.39. The Kier molecular flexibility index (Phi) is 6.35. The Morgan fingerprint density at radius 3 is 2.62 bits per heavy atom. The molecule has 2 aromatic carbocycles. The van der Waals surface area contributed by atoms with Crippen LogP contribution in [0.25, 0.3) is 0 Å². The third-order valence-corrected chi connectivity index (χ3v) is 7.30. The average Bonchev–Trinajstić information content (AvgIpc) is 2.84. The molecule has 32 heavy (non-hydrogen) atoms. The molecule has 3 aliphatic rings. The number of rotatable bonds is 6. The summed E-state index contributed by atoms with van der Waals surface area (Å²) >= 11 is 0. The lowest BCUT2D eigenvalue weighted by Gasteiger charge is -2.41. The SMILES string of the molecule is CN(CC1COc2ccccc2O1)C(C(=O)C1CCCCC1)C1CCc2ccccc2N1. The molecule has 0 aromatic heterocycles. The van der Waals surface area contributed by atoms with Crippen molar-refractivity contribution in [1.82, 2.24) is 4.90 Å². The van der Waals surface area contributed by atoms with Gasteiger partial charge in [-0.2, -0.15) is 0 Å². The summed E-state index contributed by atoms with van der Waals surface area (Å²) in [4.78, 5) is 16.1. The molecule has 2 aromatic rings. The normalized spacial score (nSPS) is 23.8. The fraction of sp³-hybridized carbons (Fsp3) is 0.519. The molecule has 3 atom stereocenters. The highest BCUT2D eigenvalue weighted by atomic mass is 16.6. The van der Waals surface area contributed by atoms with Crippen LogP contribution in [0.4, 0.5) is 5.69 Å². The smallest absolute Gasteiger partial charge is 0.161 e. The van der Waals surface area contributed by atoms with Gasteiger partial charge in [0, 0.05) is 24.2 Å². The van der Waals surface area contributed by atoms with Crippen molar-refractivity contribution < 1.29 is 14.3 Å². The van der Waals surface area contributed by atoms with E-state index in [-0.39, 0.29) is 24.1 Å². The molecule has 5 heteroatoms. The predicted molar refractivity (Wildman–Crippen MR) is 127 cm³/mol. The van der Waals surface area contributed by atoms with Crippen molar-refractivity contribution in [1.29, 1.82) is 0 Å². The van der Waals surface area contributed by atoms with Crippen molar-refractivity contribution in [3.63, 3.8) is 0 Å². The maximum Gasteiger partial charge on any atom is 0.161 e. The van der Waals surface area contributed by atoms with Gasteiger partial charge in [-0.3, -0.25) is 9.69 Å². The number of ketones is 1. The van der Waals surface area contributed by atoms with Crippen molar-refractivity contribution in [3.05, 3.63) is 54.1 Å². The highest BCUT2D eigenvalue weighted by molar-refractivity contribution is 5.87. The topological polar surface area (TPSA) is 50.8 Å². The summed E-state index contributed by atoms with van der Waals surface area (Å²) in [5.41, 5.74) is 2.51. The van der Waals surface area contributed by atoms with Crippen LogP contribution in [-0.4, -0.2) is 49.1 Å². The molecule has 1 fully saturated rings. The van der Waals surface area contributed by atoms with Gasteiger partial charge in [0.1, 0.15) is 12.7 Å². The van der Waals surface area contributed by atoms with E-state index in [1.807, 2.05) is 24.3 Å². The van der Waals surface area contributed by atoms with Gasteiger partial charge in [-0.05, 0) is 56.5 Å². The number of nitrogens with zero attached hydrogens (tertiary/aromatic N) is 1. The van der Waals surface area contributed by atoms with Gasteiger partial charge in [-0.1, -0.05) is 49.6 Å². The van der Waals surface area contributed by atoms with Gasteiger partial charge in [-0.15, -0.1) is 0 Å². The molecule has 2 aliphatic heterocycles. The number of Topliss-reactive ketones (excluding diaryl/α,β-unsaturated/α-hetero) is 1. The Morgan fingerprint density at radius 1 is 1.03 bits per heavy atom. The minimum absolute atomic E-state index is 0.0903. The molecule has 0 bridgehead atoms. The first-order chi connectivity index (χ1) is 15.7. The van der Waals surface area contributed by atoms with Crippen molar-refractivity contribution >= 4 is 11.5 Å². The van der Waals surface area contributed by atoms with Crippen LogP contribution < -0.4 is 14.8 Å². The number of carbonyl (C=O) groups excluding carboxylic acids is 1. The summed E-state index contributed by atoms with van der Waals surface area (Å²) in [6.45, 7) is 1.17. The second-order valence-electron chi connectivity index (χ2n) is 9.57. The minimum Gasteiger partial charge on any atom is -0.486 e. The fourth-order valence-electron chi connectivity index (χ4n) is 5.64. The number of aryl methyl sites for hydroxylation is 1. The molecule has 1 saturated carbocycles. The number of nitrogens with one attached hydrogen (secondary N) is 1. The third-order valence-electron chi connectivity index (χ3n) is 7.30. The van der Waals surface area contributed by atoms with Gasteiger partial charge < -0.3 is 14.8 Å². The predicted octanol–water partition coefficient (Wildman–Crippen LogP) is 4.70. The van der Waals surface area contributed by atoms with Gasteiger partial charge in [-0.25, -0.2) is 0 Å². The van der Waals surface area contributed by atoms with E-state index in [1.165, 1.54) is 30.5 Å².